The van der Waals surface area contributed by atoms with Crippen LogP contribution in [0.3, 0.4) is 0 Å². The Bertz CT molecular complexity index is 558. The Balaban J connectivity index is 0.00000180. The van der Waals surface area contributed by atoms with Crippen molar-refractivity contribution in [2.24, 2.45) is 0 Å². The number of nitrogens with zero attached hydrogens (tertiary/aromatic N) is 1. The molecule has 0 fully saturated rings. The van der Waals surface area contributed by atoms with E-state index in [0.29, 0.717) is 29.4 Å². The first-order valence-electron chi connectivity index (χ1n) is 5.69. The number of pyridine rings is 1. The largest absolute Gasteiger partial charge is 1.00 e. The summed E-state index contributed by atoms with van der Waals surface area (Å²) in [6.07, 6.45) is 2.28. The second-order valence-corrected chi connectivity index (χ2v) is 4.44. The van der Waals surface area contributed by atoms with Gasteiger partial charge in [-0.1, -0.05) is 17.7 Å². The Kier molecular flexibility index (Phi) is 5.99. The average molecular weight is 342 g/mol. The number of hydrogen-bond acceptors (Lipinski definition) is 2. The minimum atomic E-state index is 0. The summed E-state index contributed by atoms with van der Waals surface area (Å²) in [5.41, 5.74) is 6.48. The van der Waals surface area contributed by atoms with E-state index in [2.05, 4.69) is 0 Å². The zero-order valence-electron chi connectivity index (χ0n) is 10.2. The van der Waals surface area contributed by atoms with E-state index in [1.54, 1.807) is 24.3 Å². The average Bonchev–Trinajstić information content (AvgIpc) is 2.38. The van der Waals surface area contributed by atoms with Gasteiger partial charge in [0.15, 0.2) is 5.78 Å². The maximum Gasteiger partial charge on any atom is 0.272 e. The summed E-state index contributed by atoms with van der Waals surface area (Å²) >= 11 is 5.78. The number of Topliss-reactive ketones (excluding diaryl/α,β-unsaturated/α-hetero) is 1. The van der Waals surface area contributed by atoms with Crippen molar-refractivity contribution in [1.29, 1.82) is 0 Å². The molecule has 0 amide bonds. The minimum Gasteiger partial charge on any atom is -1.00 e. The van der Waals surface area contributed by atoms with E-state index in [4.69, 9.17) is 17.3 Å². The SMILES string of the molecule is Nc1cccc[n+]1CCC(=O)c1ccc(Cl)cc1.[Br-]. The molecule has 0 saturated carbocycles. The van der Waals surface area contributed by atoms with Gasteiger partial charge in [0, 0.05) is 23.1 Å². The molecule has 0 atom stereocenters. The lowest BCUT2D eigenvalue weighted by atomic mass is 10.1. The number of carbonyl (C=O) groups is 1. The quantitative estimate of drug-likeness (QED) is 0.601. The molecule has 0 aliphatic rings. The summed E-state index contributed by atoms with van der Waals surface area (Å²) in [4.78, 5) is 11.9. The number of halogens is 2. The third-order valence-corrected chi connectivity index (χ3v) is 2.97. The number of aryl methyl sites for hydroxylation is 1. The van der Waals surface area contributed by atoms with E-state index in [-0.39, 0.29) is 22.8 Å². The number of nitrogens with two attached hydrogens (primary N) is 1. The van der Waals surface area contributed by atoms with Crippen molar-refractivity contribution < 1.29 is 26.3 Å². The molecule has 0 bridgehead atoms. The van der Waals surface area contributed by atoms with Gasteiger partial charge in [0.25, 0.3) is 5.82 Å². The number of carbonyl (C=O) groups excluding carboxylic acids is 1. The van der Waals surface area contributed by atoms with Gasteiger partial charge in [0.1, 0.15) is 0 Å². The molecule has 0 radical (unpaired) electrons. The van der Waals surface area contributed by atoms with Gasteiger partial charge >= 0.3 is 0 Å². The maximum atomic E-state index is 11.9. The van der Waals surface area contributed by atoms with E-state index in [1.165, 1.54) is 0 Å². The Morgan fingerprint density at radius 2 is 1.84 bits per heavy atom. The van der Waals surface area contributed by atoms with Crippen molar-refractivity contribution in [2.45, 2.75) is 13.0 Å². The van der Waals surface area contributed by atoms with Crippen LogP contribution in [-0.2, 0) is 6.54 Å². The highest BCUT2D eigenvalue weighted by Gasteiger charge is 2.09. The lowest BCUT2D eigenvalue weighted by Gasteiger charge is -2.03. The Morgan fingerprint density at radius 1 is 1.16 bits per heavy atom. The standard InChI is InChI=1S/C14H13ClN2O.BrH/c15-12-6-4-11(5-7-12)13(18)8-10-17-9-2-1-3-14(17)16;/h1-7,9,16H,8,10H2;1H. The van der Waals surface area contributed by atoms with E-state index in [9.17, 15) is 4.79 Å². The fraction of sp³-hybridized carbons (Fsp3) is 0.143. The number of ketones is 1. The number of hydrogen-bond donors (Lipinski definition) is 1. The van der Waals surface area contributed by atoms with Crippen LogP contribution < -0.4 is 27.3 Å². The van der Waals surface area contributed by atoms with Gasteiger partial charge in [0.2, 0.25) is 0 Å². The van der Waals surface area contributed by atoms with E-state index < -0.39 is 0 Å². The Morgan fingerprint density at radius 3 is 2.47 bits per heavy atom. The molecule has 5 heteroatoms. The molecule has 0 saturated heterocycles. The van der Waals surface area contributed by atoms with Crippen LogP contribution in [-0.4, -0.2) is 5.78 Å². The Hall–Kier alpha value is -1.39. The number of rotatable bonds is 4. The molecule has 1 aromatic heterocycles. The predicted molar refractivity (Wildman–Crippen MR) is 71.4 cm³/mol. The zero-order chi connectivity index (χ0) is 13.0. The van der Waals surface area contributed by atoms with Gasteiger partial charge in [-0.25, -0.2) is 4.57 Å². The number of nitrogen functional groups attached to an aromatic ring is 1. The zero-order valence-corrected chi connectivity index (χ0v) is 12.6. The molecule has 1 heterocycles. The minimum absolute atomic E-state index is 0. The van der Waals surface area contributed by atoms with Gasteiger partial charge in [0.05, 0.1) is 12.7 Å². The van der Waals surface area contributed by atoms with Crippen LogP contribution in [0.25, 0.3) is 0 Å². The molecule has 0 spiro atoms. The second kappa shape index (κ2) is 7.26. The van der Waals surface area contributed by atoms with Gasteiger partial charge < -0.3 is 17.0 Å². The van der Waals surface area contributed by atoms with Crippen molar-refractivity contribution in [1.82, 2.24) is 0 Å². The van der Waals surface area contributed by atoms with Crippen molar-refractivity contribution in [3.8, 4) is 0 Å². The highest BCUT2D eigenvalue weighted by atomic mass is 79.9. The van der Waals surface area contributed by atoms with Crippen LogP contribution in [0.1, 0.15) is 16.8 Å². The first-order chi connectivity index (χ1) is 8.66. The van der Waals surface area contributed by atoms with E-state index in [1.807, 2.05) is 29.0 Å². The normalized spacial score (nSPS) is 9.74. The van der Waals surface area contributed by atoms with Crippen LogP contribution >= 0.6 is 11.6 Å². The number of benzene rings is 1. The highest BCUT2D eigenvalue weighted by Crippen LogP contribution is 2.11. The molecule has 2 rings (SSSR count). The molecule has 0 unspecified atom stereocenters. The predicted octanol–water partition coefficient (Wildman–Crippen LogP) is -0.513. The monoisotopic (exact) mass is 340 g/mol. The summed E-state index contributed by atoms with van der Waals surface area (Å²) in [6.45, 7) is 0.578. The first kappa shape index (κ1) is 15.7. The molecule has 2 N–H and O–H groups in total. The lowest BCUT2D eigenvalue weighted by Crippen LogP contribution is -3.00. The molecule has 2 aromatic rings. The highest BCUT2D eigenvalue weighted by molar-refractivity contribution is 6.30. The summed E-state index contributed by atoms with van der Waals surface area (Å²) < 4.78 is 1.85. The topological polar surface area (TPSA) is 47.0 Å². The summed E-state index contributed by atoms with van der Waals surface area (Å²) in [5.74, 6) is 0.740. The fourth-order valence-electron chi connectivity index (χ4n) is 1.70. The van der Waals surface area contributed by atoms with Crippen molar-refractivity contribution in [2.75, 3.05) is 5.73 Å². The third kappa shape index (κ3) is 4.33. The van der Waals surface area contributed by atoms with E-state index >= 15 is 0 Å². The van der Waals surface area contributed by atoms with Crippen LogP contribution in [0.15, 0.2) is 48.7 Å². The summed E-state index contributed by atoms with van der Waals surface area (Å²) in [5, 5.41) is 0.633. The number of anilines is 1. The van der Waals surface area contributed by atoms with Crippen molar-refractivity contribution in [3.05, 3.63) is 59.2 Å². The van der Waals surface area contributed by atoms with Crippen LogP contribution in [0, 0.1) is 0 Å². The molecular formula is C14H14BrClN2O. The molecular weight excluding hydrogens is 328 g/mol. The van der Waals surface area contributed by atoms with Crippen LogP contribution in [0.5, 0.6) is 0 Å². The van der Waals surface area contributed by atoms with Gasteiger partial charge in [-0.2, -0.15) is 0 Å². The summed E-state index contributed by atoms with van der Waals surface area (Å²) in [6, 6.07) is 12.5. The molecule has 0 aliphatic carbocycles. The molecule has 1 aromatic carbocycles. The lowest BCUT2D eigenvalue weighted by molar-refractivity contribution is -0.681. The van der Waals surface area contributed by atoms with Gasteiger partial charge in [-0.15, -0.1) is 0 Å². The first-order valence-corrected chi connectivity index (χ1v) is 6.07. The van der Waals surface area contributed by atoms with E-state index in [0.717, 1.165) is 0 Å². The second-order valence-electron chi connectivity index (χ2n) is 4.00. The van der Waals surface area contributed by atoms with Crippen LogP contribution in [0.2, 0.25) is 5.02 Å². The molecule has 100 valence electrons. The van der Waals surface area contributed by atoms with Crippen molar-refractivity contribution >= 4 is 23.2 Å². The maximum absolute atomic E-state index is 11.9. The van der Waals surface area contributed by atoms with Gasteiger partial charge in [-0.05, 0) is 30.3 Å². The fourth-order valence-corrected chi connectivity index (χ4v) is 1.82. The molecule has 19 heavy (non-hydrogen) atoms. The third-order valence-electron chi connectivity index (χ3n) is 2.72. The van der Waals surface area contributed by atoms with Crippen LogP contribution in [0.4, 0.5) is 5.82 Å². The molecule has 0 aliphatic heterocycles. The van der Waals surface area contributed by atoms with Crippen molar-refractivity contribution in [3.63, 3.8) is 0 Å². The number of aromatic nitrogens is 1. The summed E-state index contributed by atoms with van der Waals surface area (Å²) in [7, 11) is 0. The Labute approximate surface area is 127 Å². The molecule has 3 nitrogen and oxygen atoms in total. The smallest absolute Gasteiger partial charge is 0.272 e. The van der Waals surface area contributed by atoms with Gasteiger partial charge in [-0.3, -0.25) is 10.5 Å².